The third-order valence-corrected chi connectivity index (χ3v) is 3.54. The molecule has 1 rings (SSSR count). The predicted octanol–water partition coefficient (Wildman–Crippen LogP) is 1.91. The molecule has 1 aromatic heterocycles. The van der Waals surface area contributed by atoms with Crippen molar-refractivity contribution in [3.63, 3.8) is 0 Å². The minimum Gasteiger partial charge on any atom is -0.382 e. The number of guanidine groups is 1. The van der Waals surface area contributed by atoms with E-state index in [1.807, 2.05) is 0 Å². The Kier molecular flexibility index (Phi) is 10.9. The quantitative estimate of drug-likeness (QED) is 0.344. The van der Waals surface area contributed by atoms with Crippen molar-refractivity contribution in [1.29, 1.82) is 0 Å². The van der Waals surface area contributed by atoms with E-state index in [0.717, 1.165) is 55.3 Å². The predicted molar refractivity (Wildman–Crippen MR) is 95.4 cm³/mol. The van der Waals surface area contributed by atoms with Gasteiger partial charge in [-0.2, -0.15) is 0 Å². The highest BCUT2D eigenvalue weighted by Crippen LogP contribution is 2.16. The fourth-order valence-electron chi connectivity index (χ4n) is 2.24. The Hall–Kier alpha value is -1.60. The van der Waals surface area contributed by atoms with Crippen LogP contribution >= 0.6 is 0 Å². The molecule has 0 aliphatic rings. The Morgan fingerprint density at radius 2 is 1.96 bits per heavy atom. The van der Waals surface area contributed by atoms with E-state index in [4.69, 9.17) is 14.0 Å². The molecule has 0 spiro atoms. The van der Waals surface area contributed by atoms with Crippen LogP contribution in [0.15, 0.2) is 9.52 Å². The molecule has 0 aromatic carbocycles. The van der Waals surface area contributed by atoms with E-state index in [1.165, 1.54) is 0 Å². The monoisotopic (exact) mass is 340 g/mol. The fraction of sp³-hybridized carbons (Fsp3) is 0.765. The highest BCUT2D eigenvalue weighted by molar-refractivity contribution is 5.79. The molecular weight excluding hydrogens is 308 g/mol. The lowest BCUT2D eigenvalue weighted by Crippen LogP contribution is -2.38. The average molecular weight is 340 g/mol. The molecule has 0 aliphatic carbocycles. The molecule has 0 saturated carbocycles. The summed E-state index contributed by atoms with van der Waals surface area (Å²) in [6.45, 7) is 10.4. The molecular formula is C17H32N4O3. The van der Waals surface area contributed by atoms with E-state index in [9.17, 15) is 0 Å². The summed E-state index contributed by atoms with van der Waals surface area (Å²) in [6, 6.07) is 0. The van der Waals surface area contributed by atoms with E-state index < -0.39 is 0 Å². The van der Waals surface area contributed by atoms with Crippen molar-refractivity contribution in [2.45, 2.75) is 46.6 Å². The number of aromatic nitrogens is 1. The van der Waals surface area contributed by atoms with Gasteiger partial charge in [0.1, 0.15) is 5.76 Å². The molecule has 1 heterocycles. The Labute approximate surface area is 145 Å². The molecule has 0 saturated heterocycles. The summed E-state index contributed by atoms with van der Waals surface area (Å²) in [5.74, 6) is 1.73. The molecule has 0 unspecified atom stereocenters. The fourth-order valence-corrected chi connectivity index (χ4v) is 2.24. The van der Waals surface area contributed by atoms with Gasteiger partial charge in [-0.15, -0.1) is 0 Å². The lowest BCUT2D eigenvalue weighted by molar-refractivity contribution is 0.0698. The molecule has 2 N–H and O–H groups in total. The first-order chi connectivity index (χ1) is 11.8. The van der Waals surface area contributed by atoms with E-state index in [-0.39, 0.29) is 0 Å². The van der Waals surface area contributed by atoms with Gasteiger partial charge in [0.2, 0.25) is 0 Å². The number of methoxy groups -OCH3 is 1. The number of rotatable bonds is 12. The van der Waals surface area contributed by atoms with Crippen LogP contribution in [0.1, 0.15) is 44.2 Å². The third-order valence-electron chi connectivity index (χ3n) is 3.54. The second-order valence-corrected chi connectivity index (χ2v) is 5.32. The summed E-state index contributed by atoms with van der Waals surface area (Å²) in [6.07, 6.45) is 2.61. The van der Waals surface area contributed by atoms with Crippen molar-refractivity contribution >= 4 is 5.96 Å². The van der Waals surface area contributed by atoms with Crippen LogP contribution in [0.3, 0.4) is 0 Å². The summed E-state index contributed by atoms with van der Waals surface area (Å²) in [7, 11) is 1.67. The van der Waals surface area contributed by atoms with Crippen LogP contribution in [-0.4, -0.2) is 51.1 Å². The largest absolute Gasteiger partial charge is 0.382 e. The topological polar surface area (TPSA) is 80.9 Å². The molecule has 0 radical (unpaired) electrons. The lowest BCUT2D eigenvalue weighted by Gasteiger charge is -2.11. The molecule has 7 nitrogen and oxygen atoms in total. The maximum absolute atomic E-state index is 5.45. The normalized spacial score (nSPS) is 11.8. The minimum absolute atomic E-state index is 0.579. The van der Waals surface area contributed by atoms with Crippen LogP contribution in [-0.2, 0) is 28.9 Å². The van der Waals surface area contributed by atoms with Crippen molar-refractivity contribution < 1.29 is 14.0 Å². The first-order valence-corrected chi connectivity index (χ1v) is 8.81. The van der Waals surface area contributed by atoms with Gasteiger partial charge >= 0.3 is 0 Å². The molecule has 138 valence electrons. The number of aryl methyl sites for hydroxylation is 2. The molecule has 0 fully saturated rings. The lowest BCUT2D eigenvalue weighted by atomic mass is 10.1. The second-order valence-electron chi connectivity index (χ2n) is 5.32. The Morgan fingerprint density at radius 3 is 2.62 bits per heavy atom. The van der Waals surface area contributed by atoms with Gasteiger partial charge in [-0.25, -0.2) is 4.99 Å². The summed E-state index contributed by atoms with van der Waals surface area (Å²) in [4.78, 5) is 4.65. The van der Waals surface area contributed by atoms with Crippen LogP contribution in [0.4, 0.5) is 0 Å². The van der Waals surface area contributed by atoms with Crippen molar-refractivity contribution in [2.75, 3.05) is 40.0 Å². The summed E-state index contributed by atoms with van der Waals surface area (Å²) in [5, 5.41) is 10.7. The zero-order valence-corrected chi connectivity index (χ0v) is 15.5. The number of nitrogens with one attached hydrogen (secondary N) is 2. The Balaban J connectivity index is 2.46. The van der Waals surface area contributed by atoms with Gasteiger partial charge in [-0.3, -0.25) is 0 Å². The zero-order chi connectivity index (χ0) is 17.6. The van der Waals surface area contributed by atoms with Gasteiger partial charge in [0.15, 0.2) is 5.96 Å². The van der Waals surface area contributed by atoms with E-state index in [0.29, 0.717) is 26.4 Å². The van der Waals surface area contributed by atoms with Gasteiger partial charge in [-0.05, 0) is 19.8 Å². The van der Waals surface area contributed by atoms with Crippen molar-refractivity contribution in [1.82, 2.24) is 15.8 Å². The number of hydrogen-bond acceptors (Lipinski definition) is 5. The van der Waals surface area contributed by atoms with Gasteiger partial charge in [-0.1, -0.05) is 19.0 Å². The number of ether oxygens (including phenoxy) is 2. The molecule has 0 atom stereocenters. The number of aliphatic imine (C=N–C) groups is 1. The van der Waals surface area contributed by atoms with Gasteiger partial charge in [0, 0.05) is 38.8 Å². The van der Waals surface area contributed by atoms with E-state index >= 15 is 0 Å². The maximum Gasteiger partial charge on any atom is 0.191 e. The standard InChI is InChI=1S/C17H32N4O3/c1-5-15-14(16(6-2)24-21-15)13-20-17(18-7-3)19-9-8-10-23-12-11-22-4/h5-13H2,1-4H3,(H2,18,19,20). The highest BCUT2D eigenvalue weighted by Gasteiger charge is 2.12. The van der Waals surface area contributed by atoms with Gasteiger partial charge in [0.25, 0.3) is 0 Å². The van der Waals surface area contributed by atoms with E-state index in [2.05, 4.69) is 41.6 Å². The summed E-state index contributed by atoms with van der Waals surface area (Å²) in [5.41, 5.74) is 2.11. The summed E-state index contributed by atoms with van der Waals surface area (Å²) >= 11 is 0. The van der Waals surface area contributed by atoms with Gasteiger partial charge in [0.05, 0.1) is 25.5 Å². The van der Waals surface area contributed by atoms with Crippen molar-refractivity contribution in [3.05, 3.63) is 17.0 Å². The highest BCUT2D eigenvalue weighted by atomic mass is 16.5. The molecule has 0 bridgehead atoms. The van der Waals surface area contributed by atoms with E-state index in [1.54, 1.807) is 7.11 Å². The van der Waals surface area contributed by atoms with Crippen molar-refractivity contribution in [3.8, 4) is 0 Å². The van der Waals surface area contributed by atoms with Crippen LogP contribution in [0.2, 0.25) is 0 Å². The molecule has 0 aliphatic heterocycles. The van der Waals surface area contributed by atoms with Crippen molar-refractivity contribution in [2.24, 2.45) is 4.99 Å². The molecule has 1 aromatic rings. The Bertz CT molecular complexity index is 453. The smallest absolute Gasteiger partial charge is 0.191 e. The third kappa shape index (κ3) is 7.31. The Morgan fingerprint density at radius 1 is 1.12 bits per heavy atom. The second kappa shape index (κ2) is 12.8. The van der Waals surface area contributed by atoms with Crippen LogP contribution in [0.25, 0.3) is 0 Å². The zero-order valence-electron chi connectivity index (χ0n) is 15.5. The van der Waals surface area contributed by atoms with Crippen LogP contribution < -0.4 is 10.6 Å². The average Bonchev–Trinajstić information content (AvgIpc) is 3.00. The first-order valence-electron chi connectivity index (χ1n) is 8.81. The van der Waals surface area contributed by atoms with Crippen LogP contribution in [0, 0.1) is 0 Å². The van der Waals surface area contributed by atoms with Gasteiger partial charge < -0.3 is 24.6 Å². The SMILES string of the molecule is CCNC(=NCc1c(CC)noc1CC)NCCCOCCOC. The number of nitrogens with zero attached hydrogens (tertiary/aromatic N) is 2. The molecule has 24 heavy (non-hydrogen) atoms. The number of hydrogen-bond donors (Lipinski definition) is 2. The first kappa shape index (κ1) is 20.4. The van der Waals surface area contributed by atoms with Crippen LogP contribution in [0.5, 0.6) is 0 Å². The molecule has 0 amide bonds. The minimum atomic E-state index is 0.579. The maximum atomic E-state index is 5.45. The summed E-state index contributed by atoms with van der Waals surface area (Å²) < 4.78 is 15.8. The molecule has 7 heteroatoms.